The fourth-order valence-electron chi connectivity index (χ4n) is 5.21. The van der Waals surface area contributed by atoms with Gasteiger partial charge in [0.1, 0.15) is 42.3 Å². The summed E-state index contributed by atoms with van der Waals surface area (Å²) < 4.78 is 0. The van der Waals surface area contributed by atoms with Gasteiger partial charge in [0.25, 0.3) is 0 Å². The fourth-order valence-corrected chi connectivity index (χ4v) is 5.63. The number of nitrogens with one attached hydrogen (secondary N) is 7. The average molecular weight is 882 g/mol. The first-order valence-electron chi connectivity index (χ1n) is 19.0. The number of aliphatic carboxylic acids is 1. The molecule has 0 saturated heterocycles. The van der Waals surface area contributed by atoms with E-state index in [2.05, 4.69) is 62.5 Å². The molecular formula is C34H63N11O12S2. The molecule has 338 valence electrons. The Hall–Kier alpha value is -4.27. The minimum absolute atomic E-state index is 0.0329. The molecule has 0 aromatic rings. The van der Waals surface area contributed by atoms with Gasteiger partial charge in [-0.05, 0) is 64.0 Å². The first-order chi connectivity index (χ1) is 27.8. The van der Waals surface area contributed by atoms with E-state index in [1.54, 1.807) is 13.8 Å². The number of nitrogens with two attached hydrogens (primary N) is 4. The second-order valence-corrected chi connectivity index (χ2v) is 14.7. The molecule has 0 heterocycles. The monoisotopic (exact) mass is 881 g/mol. The molecule has 8 amide bonds. The van der Waals surface area contributed by atoms with Gasteiger partial charge in [-0.15, -0.1) is 0 Å². The third kappa shape index (κ3) is 21.5. The second-order valence-electron chi connectivity index (χ2n) is 14.0. The number of rotatable bonds is 31. The highest BCUT2D eigenvalue weighted by molar-refractivity contribution is 7.80. The van der Waals surface area contributed by atoms with Gasteiger partial charge in [-0.25, -0.2) is 4.79 Å². The highest BCUT2D eigenvalue weighted by atomic mass is 32.1. The van der Waals surface area contributed by atoms with Crippen LogP contribution in [0, 0.1) is 5.92 Å². The summed E-state index contributed by atoms with van der Waals surface area (Å²) in [4.78, 5) is 116. The molecule has 0 spiro atoms. The molecule has 0 radical (unpaired) electrons. The largest absolute Gasteiger partial charge is 0.480 e. The second kappa shape index (κ2) is 29.9. The molecule has 0 unspecified atom stereocenters. The number of primary amides is 1. The topological polar surface area (TPSA) is 403 Å². The van der Waals surface area contributed by atoms with Crippen LogP contribution < -0.4 is 60.2 Å². The van der Waals surface area contributed by atoms with E-state index in [1.807, 2.05) is 0 Å². The fraction of sp³-hybridized carbons (Fsp3) is 0.735. The van der Waals surface area contributed by atoms with E-state index in [0.29, 0.717) is 25.7 Å². The Kier molecular flexibility index (Phi) is 27.7. The predicted octanol–water partition coefficient (Wildman–Crippen LogP) is -6.18. The molecule has 0 saturated carbocycles. The molecule has 25 heteroatoms. The summed E-state index contributed by atoms with van der Waals surface area (Å²) in [6.07, 6.45) is 0.876. The van der Waals surface area contributed by atoms with Gasteiger partial charge in [-0.1, -0.05) is 13.8 Å². The smallest absolute Gasteiger partial charge is 0.328 e. The van der Waals surface area contributed by atoms with Crippen LogP contribution in [0.5, 0.6) is 0 Å². The van der Waals surface area contributed by atoms with E-state index < -0.39 is 121 Å². The third-order valence-corrected chi connectivity index (χ3v) is 9.26. The number of carboxylic acid groups (broad SMARTS) is 1. The molecule has 0 fully saturated rings. The number of thiol groups is 2. The molecule has 0 bridgehead atoms. The Bertz CT molecular complexity index is 1410. The van der Waals surface area contributed by atoms with Gasteiger partial charge in [0.2, 0.25) is 47.3 Å². The van der Waals surface area contributed by atoms with Crippen molar-refractivity contribution in [3.63, 3.8) is 0 Å². The maximum absolute atomic E-state index is 13.6. The number of hydrogen-bond acceptors (Lipinski definition) is 16. The van der Waals surface area contributed by atoms with Crippen LogP contribution >= 0.6 is 25.3 Å². The summed E-state index contributed by atoms with van der Waals surface area (Å²) in [6, 6.07) is -11.4. The van der Waals surface area contributed by atoms with Crippen LogP contribution in [0.15, 0.2) is 0 Å². The number of carbonyl (C=O) groups excluding carboxylic acids is 8. The summed E-state index contributed by atoms with van der Waals surface area (Å²) in [6.45, 7) is 2.20. The molecule has 18 N–H and O–H groups in total. The number of carboxylic acids is 1. The molecule has 0 aromatic heterocycles. The first kappa shape index (κ1) is 54.7. The Morgan fingerprint density at radius 1 is 0.525 bits per heavy atom. The van der Waals surface area contributed by atoms with Crippen molar-refractivity contribution >= 4 is 78.5 Å². The lowest BCUT2D eigenvalue weighted by Gasteiger charge is -2.28. The van der Waals surface area contributed by atoms with Crippen molar-refractivity contribution in [2.75, 3.05) is 37.8 Å². The van der Waals surface area contributed by atoms with Crippen LogP contribution in [0.1, 0.15) is 65.2 Å². The zero-order valence-corrected chi connectivity index (χ0v) is 35.1. The van der Waals surface area contributed by atoms with E-state index in [-0.39, 0.29) is 49.8 Å². The van der Waals surface area contributed by atoms with Crippen LogP contribution in [-0.2, 0) is 43.2 Å². The van der Waals surface area contributed by atoms with E-state index in [9.17, 15) is 58.5 Å². The maximum atomic E-state index is 13.6. The maximum Gasteiger partial charge on any atom is 0.328 e. The first-order valence-corrected chi connectivity index (χ1v) is 20.3. The number of aliphatic hydroxyl groups excluding tert-OH is 2. The molecule has 0 aliphatic carbocycles. The van der Waals surface area contributed by atoms with E-state index in [0.717, 1.165) is 0 Å². The van der Waals surface area contributed by atoms with Gasteiger partial charge in [-0.2, -0.15) is 25.3 Å². The number of amides is 8. The Morgan fingerprint density at radius 2 is 0.898 bits per heavy atom. The normalized spacial score (nSPS) is 15.2. The average Bonchev–Trinajstić information content (AvgIpc) is 3.18. The third-order valence-electron chi connectivity index (χ3n) is 8.50. The molecular weight excluding hydrogens is 819 g/mol. The van der Waals surface area contributed by atoms with Crippen molar-refractivity contribution in [1.29, 1.82) is 0 Å². The quantitative estimate of drug-likeness (QED) is 0.0228. The number of carbonyl (C=O) groups is 9. The van der Waals surface area contributed by atoms with E-state index in [1.165, 1.54) is 0 Å². The number of aliphatic hydroxyl groups is 2. The minimum atomic E-state index is -1.69. The van der Waals surface area contributed by atoms with Crippen LogP contribution in [0.3, 0.4) is 0 Å². The molecule has 0 rings (SSSR count). The van der Waals surface area contributed by atoms with Crippen molar-refractivity contribution in [2.24, 2.45) is 28.9 Å². The molecule has 8 atom stereocenters. The standard InChI is InChI=1S/C34H63N11O12S2/c1-17(2)11-21(30(52)39-19(7-3-5-9-35)28(50)44-24(14-47)34(56)57)41-33(55)25(16-59)45-29(51)20(8-4-6-10-36)40-31(53)22(12-26(38)48)42-32(54)23(13-46)43-27(49)18(37)15-58/h17-25,46-47,58-59H,3-16,35-37H2,1-2H3,(H2,38,48)(H,39,52)(H,40,53)(H,41,55)(H,42,54)(H,43,49)(H,44,50)(H,45,51)(H,56,57)/t18-,19-,20-,21-,22-,23-,24-,25-/m0/s1. The minimum Gasteiger partial charge on any atom is -0.480 e. The summed E-state index contributed by atoms with van der Waals surface area (Å²) in [5, 5.41) is 44.9. The summed E-state index contributed by atoms with van der Waals surface area (Å²) in [5.74, 6) is -9.53. The molecule has 23 nitrogen and oxygen atoms in total. The molecule has 59 heavy (non-hydrogen) atoms. The number of unbranched alkanes of at least 4 members (excludes halogenated alkanes) is 2. The summed E-state index contributed by atoms with van der Waals surface area (Å²) >= 11 is 8.09. The van der Waals surface area contributed by atoms with Crippen molar-refractivity contribution in [3.05, 3.63) is 0 Å². The van der Waals surface area contributed by atoms with Gasteiger partial charge in [0.05, 0.1) is 25.7 Å². The van der Waals surface area contributed by atoms with Crippen molar-refractivity contribution in [2.45, 2.75) is 114 Å². The highest BCUT2D eigenvalue weighted by Gasteiger charge is 2.34. The summed E-state index contributed by atoms with van der Waals surface area (Å²) in [5.41, 5.74) is 22.1. The van der Waals surface area contributed by atoms with Gasteiger partial charge >= 0.3 is 5.97 Å². The zero-order chi connectivity index (χ0) is 45.2. The Labute approximate surface area is 353 Å². The lowest BCUT2D eigenvalue weighted by atomic mass is 10.0. The van der Waals surface area contributed by atoms with Crippen molar-refractivity contribution in [1.82, 2.24) is 37.2 Å². The van der Waals surface area contributed by atoms with E-state index in [4.69, 9.17) is 22.9 Å². The van der Waals surface area contributed by atoms with Gasteiger partial charge in [0.15, 0.2) is 0 Å². The lowest BCUT2D eigenvalue weighted by molar-refractivity contribution is -0.143. The van der Waals surface area contributed by atoms with Crippen LogP contribution in [-0.4, -0.2) is 155 Å². The van der Waals surface area contributed by atoms with Crippen LogP contribution in [0.25, 0.3) is 0 Å². The van der Waals surface area contributed by atoms with Crippen LogP contribution in [0.4, 0.5) is 0 Å². The van der Waals surface area contributed by atoms with Crippen LogP contribution in [0.2, 0.25) is 0 Å². The SMILES string of the molecule is CC(C)C[C@H](NC(=O)[C@H](CS)NC(=O)[C@H](CCCCN)NC(=O)[C@H](CC(N)=O)NC(=O)[C@H](CO)NC(=O)[C@@H](N)CS)C(=O)N[C@@H](CCCCN)C(=O)N[C@@H](CO)C(=O)O. The van der Waals surface area contributed by atoms with E-state index >= 15 is 0 Å². The summed E-state index contributed by atoms with van der Waals surface area (Å²) in [7, 11) is 0. The van der Waals surface area contributed by atoms with Gasteiger partial charge in [-0.3, -0.25) is 38.4 Å². The predicted molar refractivity (Wildman–Crippen MR) is 220 cm³/mol. The highest BCUT2D eigenvalue weighted by Crippen LogP contribution is 2.10. The number of hydrogen-bond donors (Lipinski definition) is 16. The van der Waals surface area contributed by atoms with Crippen molar-refractivity contribution in [3.8, 4) is 0 Å². The zero-order valence-electron chi connectivity index (χ0n) is 33.3. The lowest BCUT2D eigenvalue weighted by Crippen LogP contribution is -2.61. The van der Waals surface area contributed by atoms with Gasteiger partial charge < -0.3 is 75.5 Å². The Balaban J connectivity index is 6.23. The van der Waals surface area contributed by atoms with Gasteiger partial charge in [0, 0.05) is 11.5 Å². The molecule has 0 aliphatic rings. The molecule has 0 aromatic carbocycles. The Morgan fingerprint density at radius 3 is 1.31 bits per heavy atom. The molecule has 0 aliphatic heterocycles. The van der Waals surface area contributed by atoms with Crippen molar-refractivity contribution < 1.29 is 58.5 Å².